The Kier molecular flexibility index (Phi) is 4.12. The van der Waals surface area contributed by atoms with Crippen molar-refractivity contribution >= 4 is 11.5 Å². The van der Waals surface area contributed by atoms with Crippen LogP contribution in [0.2, 0.25) is 0 Å². The lowest BCUT2D eigenvalue weighted by atomic mass is 9.87. The lowest BCUT2D eigenvalue weighted by Crippen LogP contribution is -2.43. The molecule has 1 aromatic heterocycles. The molecule has 2 unspecified atom stereocenters. The predicted octanol–water partition coefficient (Wildman–Crippen LogP) is 2.05. The Balaban J connectivity index is 1.61. The number of aliphatic hydroxyl groups excluding tert-OH is 1. The number of aliphatic hydroxyl groups is 1. The third kappa shape index (κ3) is 2.97. The Morgan fingerprint density at radius 1 is 1.21 bits per heavy atom. The number of anilines is 2. The molecule has 0 bridgehead atoms. The molecule has 0 radical (unpaired) electrons. The molecule has 1 fully saturated rings. The summed E-state index contributed by atoms with van der Waals surface area (Å²) in [4.78, 5) is 6.95. The molecule has 24 heavy (non-hydrogen) atoms. The topological polar surface area (TPSA) is 74.4 Å². The normalized spacial score (nSPS) is 24.5. The molecule has 0 aliphatic carbocycles. The Labute approximate surface area is 142 Å². The van der Waals surface area contributed by atoms with Crippen LogP contribution in [0.15, 0.2) is 42.6 Å². The van der Waals surface area contributed by atoms with Gasteiger partial charge in [-0.05, 0) is 36.6 Å². The molecular weight excluding hydrogens is 300 g/mol. The van der Waals surface area contributed by atoms with Gasteiger partial charge in [-0.2, -0.15) is 0 Å². The van der Waals surface area contributed by atoms with Gasteiger partial charge in [0, 0.05) is 43.0 Å². The van der Waals surface area contributed by atoms with E-state index in [9.17, 15) is 5.11 Å². The number of hydrogen-bond donors (Lipinski definition) is 3. The molecule has 2 aliphatic heterocycles. The molecule has 5 heteroatoms. The minimum atomic E-state index is -0.138. The highest BCUT2D eigenvalue weighted by atomic mass is 16.3. The van der Waals surface area contributed by atoms with E-state index in [4.69, 9.17) is 5.73 Å². The number of benzene rings is 1. The molecule has 2 aromatic rings. The van der Waals surface area contributed by atoms with Crippen LogP contribution in [0.3, 0.4) is 0 Å². The average molecular weight is 324 g/mol. The molecule has 1 saturated heterocycles. The Bertz CT molecular complexity index is 712. The Morgan fingerprint density at radius 2 is 2.04 bits per heavy atom. The largest absolute Gasteiger partial charge is 0.399 e. The summed E-state index contributed by atoms with van der Waals surface area (Å²) in [5.41, 5.74) is 9.29. The van der Waals surface area contributed by atoms with Crippen molar-refractivity contribution in [2.75, 3.05) is 30.7 Å². The Morgan fingerprint density at radius 3 is 2.83 bits per heavy atom. The number of likely N-dealkylation sites (tertiary alicyclic amines) is 1. The zero-order chi connectivity index (χ0) is 16.5. The first-order chi connectivity index (χ1) is 11.7. The lowest BCUT2D eigenvalue weighted by molar-refractivity contribution is 0.0803. The lowest BCUT2D eigenvalue weighted by Gasteiger charge is -2.33. The van der Waals surface area contributed by atoms with Gasteiger partial charge in [0.15, 0.2) is 0 Å². The van der Waals surface area contributed by atoms with Crippen molar-refractivity contribution in [3.63, 3.8) is 0 Å². The highest BCUT2D eigenvalue weighted by Crippen LogP contribution is 2.40. The minimum absolute atomic E-state index is 0.138. The number of rotatable bonds is 3. The molecule has 3 heterocycles. The van der Waals surface area contributed by atoms with E-state index in [1.54, 1.807) is 0 Å². The maximum absolute atomic E-state index is 9.72. The van der Waals surface area contributed by atoms with Crippen LogP contribution in [0.5, 0.6) is 0 Å². The molecule has 126 valence electrons. The molecule has 5 nitrogen and oxygen atoms in total. The molecule has 0 amide bonds. The molecule has 1 aromatic carbocycles. The second-order valence-electron chi connectivity index (χ2n) is 6.87. The van der Waals surface area contributed by atoms with Crippen LogP contribution < -0.4 is 11.1 Å². The number of piperidine rings is 1. The van der Waals surface area contributed by atoms with Gasteiger partial charge in [0.25, 0.3) is 0 Å². The molecule has 0 spiro atoms. The second-order valence-corrected chi connectivity index (χ2v) is 6.87. The quantitative estimate of drug-likeness (QED) is 0.754. The average Bonchev–Trinajstić information content (AvgIpc) is 2.95. The first-order valence-electron chi connectivity index (χ1n) is 8.68. The maximum atomic E-state index is 9.72. The van der Waals surface area contributed by atoms with Gasteiger partial charge in [-0.25, -0.2) is 4.98 Å². The fourth-order valence-electron chi connectivity index (χ4n) is 3.96. The number of nitrogen functional groups attached to an aromatic ring is 1. The van der Waals surface area contributed by atoms with Crippen molar-refractivity contribution in [3.05, 3.63) is 53.7 Å². The molecule has 2 atom stereocenters. The van der Waals surface area contributed by atoms with E-state index in [2.05, 4.69) is 33.4 Å². The Hall–Kier alpha value is -2.11. The first-order valence-corrected chi connectivity index (χ1v) is 8.68. The van der Waals surface area contributed by atoms with Gasteiger partial charge in [-0.15, -0.1) is 0 Å². The standard InChI is InChI=1S/C19H24N4O/c20-14-4-1-3-13(11-14)18-16-5-2-8-21-19(16)22-17(18)12-23-9-6-15(24)7-10-23/h1-5,8,11,15,17-18,24H,6-7,9-10,12,20H2,(H,21,22). The monoisotopic (exact) mass is 324 g/mol. The molecule has 0 saturated carbocycles. The summed E-state index contributed by atoms with van der Waals surface area (Å²) in [5.74, 6) is 1.23. The summed E-state index contributed by atoms with van der Waals surface area (Å²) in [6.45, 7) is 2.85. The number of nitrogens with zero attached hydrogens (tertiary/aromatic N) is 2. The number of fused-ring (bicyclic) bond motifs is 1. The molecular formula is C19H24N4O. The van der Waals surface area contributed by atoms with Crippen molar-refractivity contribution in [1.82, 2.24) is 9.88 Å². The SMILES string of the molecule is Nc1cccc(C2c3cccnc3NC2CN2CCC(O)CC2)c1. The number of pyridine rings is 1. The molecule has 4 rings (SSSR count). The van der Waals surface area contributed by atoms with E-state index in [-0.39, 0.29) is 18.1 Å². The van der Waals surface area contributed by atoms with Crippen LogP contribution >= 0.6 is 0 Å². The van der Waals surface area contributed by atoms with Gasteiger partial charge in [0.1, 0.15) is 5.82 Å². The van der Waals surface area contributed by atoms with Crippen molar-refractivity contribution in [2.24, 2.45) is 0 Å². The summed E-state index contributed by atoms with van der Waals surface area (Å²) >= 11 is 0. The summed E-state index contributed by atoms with van der Waals surface area (Å²) in [7, 11) is 0. The first kappa shape index (κ1) is 15.4. The van der Waals surface area contributed by atoms with Gasteiger partial charge in [0.05, 0.1) is 12.1 Å². The zero-order valence-corrected chi connectivity index (χ0v) is 13.7. The van der Waals surface area contributed by atoms with Gasteiger partial charge in [0.2, 0.25) is 0 Å². The summed E-state index contributed by atoms with van der Waals surface area (Å²) in [6.07, 6.45) is 3.42. The summed E-state index contributed by atoms with van der Waals surface area (Å²) < 4.78 is 0. The zero-order valence-electron chi connectivity index (χ0n) is 13.7. The third-order valence-corrected chi connectivity index (χ3v) is 5.18. The van der Waals surface area contributed by atoms with Gasteiger partial charge >= 0.3 is 0 Å². The van der Waals surface area contributed by atoms with E-state index in [0.717, 1.165) is 44.0 Å². The van der Waals surface area contributed by atoms with Crippen LogP contribution in [0.25, 0.3) is 0 Å². The third-order valence-electron chi connectivity index (χ3n) is 5.18. The van der Waals surface area contributed by atoms with Crippen LogP contribution in [-0.2, 0) is 0 Å². The van der Waals surface area contributed by atoms with E-state index >= 15 is 0 Å². The van der Waals surface area contributed by atoms with Gasteiger partial charge in [-0.1, -0.05) is 18.2 Å². The number of nitrogens with two attached hydrogens (primary N) is 1. The number of nitrogens with one attached hydrogen (secondary N) is 1. The fraction of sp³-hybridized carbons (Fsp3) is 0.421. The van der Waals surface area contributed by atoms with E-state index < -0.39 is 0 Å². The maximum Gasteiger partial charge on any atom is 0.130 e. The van der Waals surface area contributed by atoms with Crippen molar-refractivity contribution < 1.29 is 5.11 Å². The molecule has 2 aliphatic rings. The molecule has 4 N–H and O–H groups in total. The second kappa shape index (κ2) is 6.42. The highest BCUT2D eigenvalue weighted by Gasteiger charge is 2.35. The van der Waals surface area contributed by atoms with Gasteiger partial charge in [-0.3, -0.25) is 0 Å². The van der Waals surface area contributed by atoms with Crippen LogP contribution in [0, 0.1) is 0 Å². The van der Waals surface area contributed by atoms with Gasteiger partial charge < -0.3 is 21.1 Å². The number of hydrogen-bond acceptors (Lipinski definition) is 5. The fourth-order valence-corrected chi connectivity index (χ4v) is 3.96. The van der Waals surface area contributed by atoms with Crippen molar-refractivity contribution in [3.8, 4) is 0 Å². The number of aromatic nitrogens is 1. The van der Waals surface area contributed by atoms with E-state index in [0.29, 0.717) is 0 Å². The highest BCUT2D eigenvalue weighted by molar-refractivity contribution is 5.59. The van der Waals surface area contributed by atoms with E-state index in [1.165, 1.54) is 11.1 Å². The van der Waals surface area contributed by atoms with Crippen molar-refractivity contribution in [2.45, 2.75) is 30.9 Å². The van der Waals surface area contributed by atoms with Crippen molar-refractivity contribution in [1.29, 1.82) is 0 Å². The minimum Gasteiger partial charge on any atom is -0.399 e. The van der Waals surface area contributed by atoms with Crippen LogP contribution in [0.1, 0.15) is 29.9 Å². The smallest absolute Gasteiger partial charge is 0.130 e. The summed E-state index contributed by atoms with van der Waals surface area (Å²) in [6, 6.07) is 12.6. The van der Waals surface area contributed by atoms with E-state index in [1.807, 2.05) is 24.4 Å². The van der Waals surface area contributed by atoms with Crippen LogP contribution in [-0.4, -0.2) is 46.8 Å². The van der Waals surface area contributed by atoms with Crippen LogP contribution in [0.4, 0.5) is 11.5 Å². The predicted molar refractivity (Wildman–Crippen MR) is 96.0 cm³/mol. The summed E-state index contributed by atoms with van der Waals surface area (Å²) in [5, 5.41) is 13.3.